The maximum atomic E-state index is 11.5. The molecule has 1 saturated heterocycles. The lowest BCUT2D eigenvalue weighted by molar-refractivity contribution is -0.00544. The fourth-order valence-corrected chi connectivity index (χ4v) is 2.35. The quantitative estimate of drug-likeness (QED) is 0.504. The van der Waals surface area contributed by atoms with Gasteiger partial charge in [0, 0.05) is 19.3 Å². The van der Waals surface area contributed by atoms with Gasteiger partial charge in [0.25, 0.3) is 0 Å². The first kappa shape index (κ1) is 14.2. The molecule has 0 bridgehead atoms. The predicted molar refractivity (Wildman–Crippen MR) is 57.5 cm³/mol. The summed E-state index contributed by atoms with van der Waals surface area (Å²) in [6.07, 6.45) is -2.26. The van der Waals surface area contributed by atoms with E-state index in [0.717, 1.165) is 0 Å². The van der Waals surface area contributed by atoms with E-state index >= 15 is 0 Å². The highest BCUT2D eigenvalue weighted by molar-refractivity contribution is 7.52. The minimum Gasteiger partial charge on any atom is -0.394 e. The molecule has 2 radical (unpaired) electrons. The lowest BCUT2D eigenvalue weighted by Gasteiger charge is -2.24. The number of hydrogen-bond donors (Lipinski definition) is 2. The van der Waals surface area contributed by atoms with Crippen molar-refractivity contribution >= 4 is 15.4 Å². The third-order valence-electron chi connectivity index (χ3n) is 2.48. The standard InChI is InChI=1S/C8H16BO6P/c1-3-16(11,12)15-6-5(4-10)14-8(9)7(6)13-2/h5-8,10H,3-4H2,1-2H3,(H,11,12). The van der Waals surface area contributed by atoms with E-state index in [1.165, 1.54) is 14.0 Å². The second kappa shape index (κ2) is 5.62. The van der Waals surface area contributed by atoms with Crippen molar-refractivity contribution in [2.75, 3.05) is 19.9 Å². The molecule has 0 aromatic heterocycles. The molecule has 1 rings (SSSR count). The summed E-state index contributed by atoms with van der Waals surface area (Å²) in [4.78, 5) is 9.40. The minimum absolute atomic E-state index is 0.0205. The van der Waals surface area contributed by atoms with Crippen LogP contribution in [0, 0.1) is 0 Å². The van der Waals surface area contributed by atoms with Gasteiger partial charge >= 0.3 is 7.60 Å². The maximum Gasteiger partial charge on any atom is 0.328 e. The van der Waals surface area contributed by atoms with Gasteiger partial charge in [-0.25, -0.2) is 0 Å². The summed E-state index contributed by atoms with van der Waals surface area (Å²) in [7, 11) is 3.32. The van der Waals surface area contributed by atoms with Gasteiger partial charge in [0.15, 0.2) is 0 Å². The Labute approximate surface area is 95.8 Å². The molecule has 5 atom stereocenters. The number of aliphatic hydroxyl groups is 1. The Morgan fingerprint density at radius 3 is 2.56 bits per heavy atom. The Morgan fingerprint density at radius 2 is 2.12 bits per heavy atom. The molecule has 1 fully saturated rings. The normalized spacial score (nSPS) is 38.5. The number of ether oxygens (including phenoxy) is 2. The van der Waals surface area contributed by atoms with Gasteiger partial charge in [0.1, 0.15) is 26.2 Å². The first-order chi connectivity index (χ1) is 7.45. The highest BCUT2D eigenvalue weighted by Crippen LogP contribution is 2.45. The van der Waals surface area contributed by atoms with Crippen molar-refractivity contribution < 1.29 is 28.6 Å². The summed E-state index contributed by atoms with van der Waals surface area (Å²) in [6.45, 7) is 1.19. The molecule has 1 heterocycles. The largest absolute Gasteiger partial charge is 0.394 e. The molecular formula is C8H16BO6P. The summed E-state index contributed by atoms with van der Waals surface area (Å²) in [5.74, 6) is 0. The van der Waals surface area contributed by atoms with Crippen LogP contribution >= 0.6 is 7.60 Å². The molecule has 1 aliphatic rings. The molecule has 2 N–H and O–H groups in total. The lowest BCUT2D eigenvalue weighted by Crippen LogP contribution is -2.37. The monoisotopic (exact) mass is 250 g/mol. The van der Waals surface area contributed by atoms with Crippen molar-refractivity contribution in [1.29, 1.82) is 0 Å². The van der Waals surface area contributed by atoms with Crippen LogP contribution in [0.4, 0.5) is 0 Å². The third kappa shape index (κ3) is 3.06. The maximum absolute atomic E-state index is 11.5. The van der Waals surface area contributed by atoms with E-state index in [4.69, 9.17) is 27.0 Å². The highest BCUT2D eigenvalue weighted by atomic mass is 31.2. The van der Waals surface area contributed by atoms with Crippen LogP contribution in [0.2, 0.25) is 0 Å². The van der Waals surface area contributed by atoms with Crippen LogP contribution in [-0.2, 0) is 18.6 Å². The Hall–Kier alpha value is 0.0949. The van der Waals surface area contributed by atoms with E-state index in [2.05, 4.69) is 0 Å². The van der Waals surface area contributed by atoms with Crippen molar-refractivity contribution in [2.24, 2.45) is 0 Å². The van der Waals surface area contributed by atoms with Crippen molar-refractivity contribution in [3.8, 4) is 0 Å². The average molecular weight is 250 g/mol. The zero-order valence-electron chi connectivity index (χ0n) is 9.28. The molecular weight excluding hydrogens is 234 g/mol. The Kier molecular flexibility index (Phi) is 4.97. The van der Waals surface area contributed by atoms with Gasteiger partial charge in [-0.05, 0) is 0 Å². The molecule has 0 aliphatic carbocycles. The summed E-state index contributed by atoms with van der Waals surface area (Å²) in [6, 6.07) is -0.774. The second-order valence-corrected chi connectivity index (χ2v) is 5.66. The van der Waals surface area contributed by atoms with Crippen LogP contribution in [0.15, 0.2) is 0 Å². The van der Waals surface area contributed by atoms with Gasteiger partial charge in [0.2, 0.25) is 0 Å². The van der Waals surface area contributed by atoms with Crippen LogP contribution in [0.5, 0.6) is 0 Å². The van der Waals surface area contributed by atoms with Crippen LogP contribution in [0.3, 0.4) is 0 Å². The van der Waals surface area contributed by atoms with E-state index in [0.29, 0.717) is 0 Å². The molecule has 0 spiro atoms. The molecule has 92 valence electrons. The third-order valence-corrected chi connectivity index (χ3v) is 3.86. The molecule has 6 nitrogen and oxygen atoms in total. The topological polar surface area (TPSA) is 85.2 Å². The number of rotatable bonds is 5. The van der Waals surface area contributed by atoms with E-state index in [1.54, 1.807) is 0 Å². The molecule has 16 heavy (non-hydrogen) atoms. The van der Waals surface area contributed by atoms with Crippen molar-refractivity contribution in [3.63, 3.8) is 0 Å². The van der Waals surface area contributed by atoms with Crippen molar-refractivity contribution in [2.45, 2.75) is 31.2 Å². The summed E-state index contributed by atoms with van der Waals surface area (Å²) >= 11 is 0. The predicted octanol–water partition coefficient (Wildman–Crippen LogP) is -0.522. The summed E-state index contributed by atoms with van der Waals surface area (Å²) < 4.78 is 26.7. The minimum atomic E-state index is -3.68. The molecule has 0 aromatic carbocycles. The van der Waals surface area contributed by atoms with E-state index in [-0.39, 0.29) is 12.8 Å². The van der Waals surface area contributed by atoms with Crippen LogP contribution in [0.1, 0.15) is 6.92 Å². The molecule has 8 heteroatoms. The van der Waals surface area contributed by atoms with E-state index < -0.39 is 31.9 Å². The van der Waals surface area contributed by atoms with Crippen LogP contribution in [-0.4, -0.2) is 62.0 Å². The molecule has 1 aliphatic heterocycles. The van der Waals surface area contributed by atoms with Gasteiger partial charge in [-0.1, -0.05) is 6.92 Å². The van der Waals surface area contributed by atoms with E-state index in [9.17, 15) is 9.46 Å². The van der Waals surface area contributed by atoms with Gasteiger partial charge < -0.3 is 19.5 Å². The fourth-order valence-electron chi connectivity index (χ4n) is 1.56. The smallest absolute Gasteiger partial charge is 0.328 e. The molecule has 5 unspecified atom stereocenters. The van der Waals surface area contributed by atoms with Crippen LogP contribution < -0.4 is 0 Å². The van der Waals surface area contributed by atoms with Crippen molar-refractivity contribution in [3.05, 3.63) is 0 Å². The summed E-state index contributed by atoms with van der Waals surface area (Å²) in [5, 5.41) is 9.05. The number of methoxy groups -OCH3 is 1. The number of aliphatic hydroxyl groups excluding tert-OH is 1. The Morgan fingerprint density at radius 1 is 1.50 bits per heavy atom. The van der Waals surface area contributed by atoms with Gasteiger partial charge in [-0.2, -0.15) is 0 Å². The Balaban J connectivity index is 2.77. The molecule has 0 saturated carbocycles. The average Bonchev–Trinajstić information content (AvgIpc) is 2.53. The van der Waals surface area contributed by atoms with Gasteiger partial charge in [0.05, 0.1) is 6.61 Å². The summed E-state index contributed by atoms with van der Waals surface area (Å²) in [5.41, 5.74) is 0. The fraction of sp³-hybridized carbons (Fsp3) is 1.00. The first-order valence-corrected chi connectivity index (χ1v) is 6.76. The lowest BCUT2D eigenvalue weighted by atomic mass is 9.93. The Bertz CT molecular complexity index is 275. The van der Waals surface area contributed by atoms with Crippen molar-refractivity contribution in [1.82, 2.24) is 0 Å². The molecule has 0 amide bonds. The van der Waals surface area contributed by atoms with Crippen LogP contribution in [0.25, 0.3) is 0 Å². The van der Waals surface area contributed by atoms with Gasteiger partial charge in [-0.3, -0.25) is 9.09 Å². The van der Waals surface area contributed by atoms with E-state index in [1.807, 2.05) is 0 Å². The SMILES string of the molecule is [B]C1OC(CO)C(OP(=O)(O)CC)C1OC. The first-order valence-electron chi connectivity index (χ1n) is 5.00. The van der Waals surface area contributed by atoms with Gasteiger partial charge in [-0.15, -0.1) is 0 Å². The zero-order chi connectivity index (χ0) is 12.3. The second-order valence-electron chi connectivity index (χ2n) is 3.55. The highest BCUT2D eigenvalue weighted by Gasteiger charge is 2.45. The zero-order valence-corrected chi connectivity index (χ0v) is 10.2. The molecule has 0 aromatic rings. The number of hydrogen-bond acceptors (Lipinski definition) is 5.